The van der Waals surface area contributed by atoms with E-state index in [0.29, 0.717) is 13.0 Å². The molecule has 1 heterocycles. The van der Waals surface area contributed by atoms with Crippen LogP contribution in [0.4, 0.5) is 0 Å². The Morgan fingerprint density at radius 2 is 1.73 bits per heavy atom. The fourth-order valence-corrected chi connectivity index (χ4v) is 4.23. The van der Waals surface area contributed by atoms with Gasteiger partial charge in [-0.05, 0) is 49.1 Å². The summed E-state index contributed by atoms with van der Waals surface area (Å²) in [4.78, 5) is 23.3. The molecule has 0 saturated carbocycles. The van der Waals surface area contributed by atoms with E-state index in [9.17, 15) is 9.59 Å². The van der Waals surface area contributed by atoms with E-state index in [1.165, 1.54) is 5.56 Å². The van der Waals surface area contributed by atoms with E-state index in [2.05, 4.69) is 35.0 Å². The maximum atomic E-state index is 12.7. The van der Waals surface area contributed by atoms with Crippen molar-refractivity contribution < 1.29 is 19.4 Å². The van der Waals surface area contributed by atoms with Crippen molar-refractivity contribution >= 4 is 22.8 Å². The second-order valence-corrected chi connectivity index (χ2v) is 8.46. The van der Waals surface area contributed by atoms with Gasteiger partial charge in [-0.3, -0.25) is 9.59 Å². The van der Waals surface area contributed by atoms with Crippen LogP contribution in [0.5, 0.6) is 5.75 Å². The molecule has 0 aliphatic heterocycles. The zero-order valence-corrected chi connectivity index (χ0v) is 19.6. The highest BCUT2D eigenvalue weighted by atomic mass is 16.5. The van der Waals surface area contributed by atoms with E-state index in [1.807, 2.05) is 30.3 Å². The Labute approximate surface area is 195 Å². The summed E-state index contributed by atoms with van der Waals surface area (Å²) in [5, 5.41) is 12.8. The third kappa shape index (κ3) is 6.85. The molecule has 0 fully saturated rings. The second kappa shape index (κ2) is 12.1. The summed E-state index contributed by atoms with van der Waals surface area (Å²) in [6.45, 7) is 3.47. The van der Waals surface area contributed by atoms with E-state index in [0.717, 1.165) is 66.6 Å². The van der Waals surface area contributed by atoms with Crippen molar-refractivity contribution in [1.82, 2.24) is 9.88 Å². The number of hydrogen-bond donors (Lipinski definition) is 2. The van der Waals surface area contributed by atoms with E-state index in [4.69, 9.17) is 9.84 Å². The standard InChI is InChI=1S/C27H34N2O4/c1-20-23(18-26(30)28-16-10-5-3-4-9-13-27(31)32)24-17-22(33-2)14-15-25(24)29(20)19-21-11-7-6-8-12-21/h6-8,11-12,14-15,17H,3-5,9-10,13,16,18-19H2,1-2H3,(H,28,30)(H,31,32). The normalized spacial score (nSPS) is 11.0. The van der Waals surface area contributed by atoms with Crippen LogP contribution in [0.3, 0.4) is 0 Å². The van der Waals surface area contributed by atoms with Gasteiger partial charge in [-0.2, -0.15) is 0 Å². The van der Waals surface area contributed by atoms with Crippen molar-refractivity contribution in [1.29, 1.82) is 0 Å². The number of hydrogen-bond acceptors (Lipinski definition) is 3. The quantitative estimate of drug-likeness (QED) is 0.356. The zero-order chi connectivity index (χ0) is 23.6. The second-order valence-electron chi connectivity index (χ2n) is 8.46. The number of methoxy groups -OCH3 is 1. The van der Waals surface area contributed by atoms with Crippen molar-refractivity contribution in [2.24, 2.45) is 0 Å². The van der Waals surface area contributed by atoms with Crippen LogP contribution >= 0.6 is 0 Å². The molecule has 6 heteroatoms. The number of nitrogens with zero attached hydrogens (tertiary/aromatic N) is 1. The summed E-state index contributed by atoms with van der Waals surface area (Å²) in [6, 6.07) is 16.4. The van der Waals surface area contributed by atoms with Crippen LogP contribution in [-0.4, -0.2) is 35.2 Å². The number of aliphatic carboxylic acids is 1. The van der Waals surface area contributed by atoms with Crippen molar-refractivity contribution in [3.05, 3.63) is 65.4 Å². The van der Waals surface area contributed by atoms with Gasteiger partial charge in [0, 0.05) is 36.1 Å². The number of carboxylic acids is 1. The highest BCUT2D eigenvalue weighted by molar-refractivity contribution is 5.91. The number of benzene rings is 2. The monoisotopic (exact) mass is 450 g/mol. The number of carboxylic acid groups (broad SMARTS) is 1. The first-order valence-electron chi connectivity index (χ1n) is 11.7. The van der Waals surface area contributed by atoms with Crippen LogP contribution in [0.25, 0.3) is 10.9 Å². The first-order valence-corrected chi connectivity index (χ1v) is 11.7. The Bertz CT molecular complexity index is 1070. The minimum Gasteiger partial charge on any atom is -0.497 e. The highest BCUT2D eigenvalue weighted by Crippen LogP contribution is 2.30. The maximum absolute atomic E-state index is 12.7. The van der Waals surface area contributed by atoms with E-state index in [1.54, 1.807) is 7.11 Å². The lowest BCUT2D eigenvalue weighted by Gasteiger charge is -2.09. The minimum absolute atomic E-state index is 0.0190. The molecule has 0 aliphatic carbocycles. The molecule has 1 aromatic heterocycles. The Morgan fingerprint density at radius 1 is 1.00 bits per heavy atom. The molecule has 0 aliphatic rings. The molecule has 0 saturated heterocycles. The summed E-state index contributed by atoms with van der Waals surface area (Å²) in [5.74, 6) is 0.0646. The van der Waals surface area contributed by atoms with E-state index in [-0.39, 0.29) is 12.3 Å². The van der Waals surface area contributed by atoms with Gasteiger partial charge in [0.25, 0.3) is 0 Å². The molecule has 0 bridgehead atoms. The topological polar surface area (TPSA) is 80.6 Å². The molecule has 33 heavy (non-hydrogen) atoms. The molecule has 0 atom stereocenters. The van der Waals surface area contributed by atoms with E-state index >= 15 is 0 Å². The summed E-state index contributed by atoms with van der Waals surface area (Å²) < 4.78 is 7.71. The largest absolute Gasteiger partial charge is 0.497 e. The predicted octanol–water partition coefficient (Wildman–Crippen LogP) is 5.09. The molecule has 3 rings (SSSR count). The van der Waals surface area contributed by atoms with Gasteiger partial charge in [0.05, 0.1) is 13.5 Å². The number of nitrogens with one attached hydrogen (secondary N) is 1. The molecule has 0 radical (unpaired) electrons. The van der Waals surface area contributed by atoms with Crippen LogP contribution in [-0.2, 0) is 22.6 Å². The SMILES string of the molecule is COc1ccc2c(c1)c(CC(=O)NCCCCCCCC(=O)O)c(C)n2Cc1ccccc1. The van der Waals surface area contributed by atoms with Gasteiger partial charge >= 0.3 is 5.97 Å². The number of carbonyl (C=O) groups is 2. The van der Waals surface area contributed by atoms with Crippen LogP contribution < -0.4 is 10.1 Å². The number of aromatic nitrogens is 1. The summed E-state index contributed by atoms with van der Waals surface area (Å²) in [7, 11) is 1.66. The summed E-state index contributed by atoms with van der Waals surface area (Å²) in [6.07, 6.45) is 5.09. The number of unbranched alkanes of at least 4 members (excludes halogenated alkanes) is 4. The number of ether oxygens (including phenoxy) is 1. The molecule has 0 unspecified atom stereocenters. The molecule has 0 spiro atoms. The Morgan fingerprint density at radius 3 is 2.45 bits per heavy atom. The molecular weight excluding hydrogens is 416 g/mol. The number of rotatable bonds is 13. The van der Waals surface area contributed by atoms with Gasteiger partial charge in [-0.15, -0.1) is 0 Å². The number of carbonyl (C=O) groups excluding carboxylic acids is 1. The predicted molar refractivity (Wildman–Crippen MR) is 131 cm³/mol. The van der Waals surface area contributed by atoms with Gasteiger partial charge in [0.2, 0.25) is 5.91 Å². The van der Waals surface area contributed by atoms with E-state index < -0.39 is 5.97 Å². The van der Waals surface area contributed by atoms with Crippen LogP contribution in [0.2, 0.25) is 0 Å². The zero-order valence-electron chi connectivity index (χ0n) is 19.6. The lowest BCUT2D eigenvalue weighted by Crippen LogP contribution is -2.26. The lowest BCUT2D eigenvalue weighted by molar-refractivity contribution is -0.137. The Hall–Kier alpha value is -3.28. The highest BCUT2D eigenvalue weighted by Gasteiger charge is 2.17. The van der Waals surface area contributed by atoms with Gasteiger partial charge in [-0.1, -0.05) is 49.6 Å². The van der Waals surface area contributed by atoms with Crippen molar-refractivity contribution in [3.63, 3.8) is 0 Å². The van der Waals surface area contributed by atoms with Crippen LogP contribution in [0.15, 0.2) is 48.5 Å². The first-order chi connectivity index (χ1) is 16.0. The van der Waals surface area contributed by atoms with Gasteiger partial charge < -0.3 is 19.7 Å². The molecule has 2 N–H and O–H groups in total. The third-order valence-electron chi connectivity index (χ3n) is 6.07. The molecule has 1 amide bonds. The third-order valence-corrected chi connectivity index (χ3v) is 6.07. The average molecular weight is 451 g/mol. The van der Waals surface area contributed by atoms with Crippen molar-refractivity contribution in [2.75, 3.05) is 13.7 Å². The summed E-state index contributed by atoms with van der Waals surface area (Å²) in [5.41, 5.74) is 4.44. The fourth-order valence-electron chi connectivity index (χ4n) is 4.23. The van der Waals surface area contributed by atoms with Crippen molar-refractivity contribution in [3.8, 4) is 5.75 Å². The van der Waals surface area contributed by atoms with Crippen molar-refractivity contribution in [2.45, 2.75) is 58.4 Å². The summed E-state index contributed by atoms with van der Waals surface area (Å²) >= 11 is 0. The van der Waals surface area contributed by atoms with Gasteiger partial charge in [-0.25, -0.2) is 0 Å². The molecule has 6 nitrogen and oxygen atoms in total. The van der Waals surface area contributed by atoms with Crippen LogP contribution in [0, 0.1) is 6.92 Å². The van der Waals surface area contributed by atoms with Gasteiger partial charge in [0.1, 0.15) is 5.75 Å². The van der Waals surface area contributed by atoms with Crippen LogP contribution in [0.1, 0.15) is 55.3 Å². The smallest absolute Gasteiger partial charge is 0.303 e. The number of fused-ring (bicyclic) bond motifs is 1. The Kier molecular flexibility index (Phi) is 8.93. The molecule has 176 valence electrons. The average Bonchev–Trinajstić information content (AvgIpc) is 3.06. The molecule has 2 aromatic carbocycles. The Balaban J connectivity index is 1.63. The fraction of sp³-hybridized carbons (Fsp3) is 0.407. The first kappa shape index (κ1) is 24.4. The number of amides is 1. The molecular formula is C27H34N2O4. The maximum Gasteiger partial charge on any atom is 0.303 e. The minimum atomic E-state index is -0.736. The lowest BCUT2D eigenvalue weighted by atomic mass is 10.1. The van der Waals surface area contributed by atoms with Gasteiger partial charge in [0.15, 0.2) is 0 Å². The molecule has 3 aromatic rings.